The molecular weight excluding hydrogens is 301 g/mol. The fourth-order valence-corrected chi connectivity index (χ4v) is 2.74. The van der Waals surface area contributed by atoms with Crippen molar-refractivity contribution in [1.82, 2.24) is 4.98 Å². The third-order valence-electron chi connectivity index (χ3n) is 2.90. The molecule has 0 spiro atoms. The van der Waals surface area contributed by atoms with Crippen molar-refractivity contribution in [2.75, 3.05) is 5.32 Å². The van der Waals surface area contributed by atoms with Gasteiger partial charge in [0.2, 0.25) is 0 Å². The molecule has 0 bridgehead atoms. The van der Waals surface area contributed by atoms with E-state index in [-0.39, 0.29) is 4.87 Å². The summed E-state index contributed by atoms with van der Waals surface area (Å²) in [5.74, 6) is 0. The summed E-state index contributed by atoms with van der Waals surface area (Å²) in [6.07, 6.45) is -4.37. The van der Waals surface area contributed by atoms with Crippen LogP contribution in [0.3, 0.4) is 0 Å². The average molecular weight is 310 g/mol. The molecule has 0 saturated carbocycles. The zero-order valence-corrected chi connectivity index (χ0v) is 11.3. The maximum absolute atomic E-state index is 12.7. The van der Waals surface area contributed by atoms with E-state index in [0.717, 1.165) is 28.2 Å². The largest absolute Gasteiger partial charge is 0.416 e. The Hall–Kier alpha value is -2.28. The van der Waals surface area contributed by atoms with Crippen molar-refractivity contribution in [3.05, 3.63) is 57.7 Å². The zero-order valence-electron chi connectivity index (χ0n) is 10.5. The molecule has 0 unspecified atom stereocenters. The third kappa shape index (κ3) is 2.92. The molecule has 1 heterocycles. The molecule has 0 saturated heterocycles. The molecule has 0 radical (unpaired) electrons. The van der Waals surface area contributed by atoms with Crippen LogP contribution in [0.5, 0.6) is 0 Å². The Morgan fingerprint density at radius 1 is 1.05 bits per heavy atom. The van der Waals surface area contributed by atoms with Crippen molar-refractivity contribution < 1.29 is 13.2 Å². The molecule has 3 aromatic rings. The normalized spacial score (nSPS) is 11.8. The van der Waals surface area contributed by atoms with Gasteiger partial charge in [0.05, 0.1) is 15.8 Å². The molecule has 2 N–H and O–H groups in total. The van der Waals surface area contributed by atoms with Gasteiger partial charge in [0.25, 0.3) is 0 Å². The second-order valence-corrected chi connectivity index (χ2v) is 5.44. The number of hydrogen-bond acceptors (Lipinski definition) is 3. The van der Waals surface area contributed by atoms with E-state index in [1.165, 1.54) is 6.07 Å². The van der Waals surface area contributed by atoms with Crippen molar-refractivity contribution in [1.29, 1.82) is 0 Å². The Balaban J connectivity index is 1.92. The highest BCUT2D eigenvalue weighted by Crippen LogP contribution is 2.31. The molecule has 21 heavy (non-hydrogen) atoms. The number of benzene rings is 2. The van der Waals surface area contributed by atoms with Crippen molar-refractivity contribution in [2.45, 2.75) is 6.18 Å². The number of thiazole rings is 1. The standard InChI is InChI=1S/C14H9F3N2OS/c15-14(16,17)8-2-1-3-9(6-8)18-10-4-5-11-12(7-10)21-13(20)19-11/h1-7,18H,(H,19,20). The fraction of sp³-hybridized carbons (Fsp3) is 0.0714. The number of halogens is 3. The monoisotopic (exact) mass is 310 g/mol. The SMILES string of the molecule is O=c1[nH]c2ccc(Nc3cccc(C(F)(F)F)c3)cc2s1. The average Bonchev–Trinajstić information content (AvgIpc) is 2.77. The van der Waals surface area contributed by atoms with Gasteiger partial charge in [-0.1, -0.05) is 17.4 Å². The summed E-state index contributed by atoms with van der Waals surface area (Å²) in [4.78, 5) is 13.7. The van der Waals surface area contributed by atoms with E-state index in [1.807, 2.05) is 0 Å². The van der Waals surface area contributed by atoms with Gasteiger partial charge in [-0.15, -0.1) is 0 Å². The molecule has 0 aliphatic heterocycles. The van der Waals surface area contributed by atoms with Crippen LogP contribution in [-0.2, 0) is 6.18 Å². The van der Waals surface area contributed by atoms with Crippen molar-refractivity contribution in [3.63, 3.8) is 0 Å². The highest BCUT2D eigenvalue weighted by atomic mass is 32.1. The van der Waals surface area contributed by atoms with Crippen LogP contribution in [0, 0.1) is 0 Å². The molecule has 2 aromatic carbocycles. The molecule has 108 valence electrons. The number of aromatic amines is 1. The Bertz CT molecular complexity index is 851. The summed E-state index contributed by atoms with van der Waals surface area (Å²) in [5, 5.41) is 2.91. The predicted octanol–water partition coefficient (Wildman–Crippen LogP) is 4.35. The summed E-state index contributed by atoms with van der Waals surface area (Å²) < 4.78 is 38.7. The van der Waals surface area contributed by atoms with Crippen molar-refractivity contribution in [3.8, 4) is 0 Å². The number of rotatable bonds is 2. The number of nitrogens with one attached hydrogen (secondary N) is 2. The third-order valence-corrected chi connectivity index (χ3v) is 3.74. The molecule has 0 aliphatic carbocycles. The van der Waals surface area contributed by atoms with Gasteiger partial charge in [-0.2, -0.15) is 13.2 Å². The predicted molar refractivity (Wildman–Crippen MR) is 77.2 cm³/mol. The number of anilines is 2. The minimum atomic E-state index is -4.37. The van der Waals surface area contributed by atoms with Crippen LogP contribution in [0.2, 0.25) is 0 Å². The van der Waals surface area contributed by atoms with Crippen LogP contribution in [0.25, 0.3) is 10.2 Å². The number of H-pyrrole nitrogens is 1. The molecule has 3 nitrogen and oxygen atoms in total. The minimum Gasteiger partial charge on any atom is -0.355 e. The first-order valence-corrected chi connectivity index (χ1v) is 6.81. The number of alkyl halides is 3. The summed E-state index contributed by atoms with van der Waals surface area (Å²) in [5.41, 5.74) is 0.962. The van der Waals surface area contributed by atoms with E-state index in [4.69, 9.17) is 0 Å². The molecular formula is C14H9F3N2OS. The lowest BCUT2D eigenvalue weighted by Crippen LogP contribution is -2.05. The Morgan fingerprint density at radius 3 is 2.57 bits per heavy atom. The lowest BCUT2D eigenvalue weighted by molar-refractivity contribution is -0.137. The van der Waals surface area contributed by atoms with Gasteiger partial charge < -0.3 is 10.3 Å². The molecule has 7 heteroatoms. The van der Waals surface area contributed by atoms with Gasteiger partial charge in [-0.05, 0) is 36.4 Å². The summed E-state index contributed by atoms with van der Waals surface area (Å²) in [6, 6.07) is 10.1. The first-order valence-electron chi connectivity index (χ1n) is 5.99. The number of hydrogen-bond donors (Lipinski definition) is 2. The first-order chi connectivity index (χ1) is 9.91. The lowest BCUT2D eigenvalue weighted by atomic mass is 10.2. The Morgan fingerprint density at radius 2 is 1.81 bits per heavy atom. The maximum Gasteiger partial charge on any atom is 0.416 e. The van der Waals surface area contributed by atoms with Gasteiger partial charge in [0.15, 0.2) is 0 Å². The lowest BCUT2D eigenvalue weighted by Gasteiger charge is -2.10. The summed E-state index contributed by atoms with van der Waals surface area (Å²) >= 11 is 1.05. The van der Waals surface area contributed by atoms with E-state index in [9.17, 15) is 18.0 Å². The van der Waals surface area contributed by atoms with Crippen LogP contribution in [0.1, 0.15) is 5.56 Å². The van der Waals surface area contributed by atoms with E-state index in [2.05, 4.69) is 10.3 Å². The van der Waals surface area contributed by atoms with Crippen LogP contribution in [-0.4, -0.2) is 4.98 Å². The van der Waals surface area contributed by atoms with Crippen LogP contribution in [0.4, 0.5) is 24.5 Å². The number of aromatic nitrogens is 1. The van der Waals surface area contributed by atoms with Gasteiger partial charge in [0.1, 0.15) is 0 Å². The van der Waals surface area contributed by atoms with Crippen LogP contribution >= 0.6 is 11.3 Å². The second-order valence-electron chi connectivity index (χ2n) is 4.43. The smallest absolute Gasteiger partial charge is 0.355 e. The summed E-state index contributed by atoms with van der Waals surface area (Å²) in [6.45, 7) is 0. The summed E-state index contributed by atoms with van der Waals surface area (Å²) in [7, 11) is 0. The minimum absolute atomic E-state index is 0.166. The highest BCUT2D eigenvalue weighted by molar-refractivity contribution is 7.16. The van der Waals surface area contributed by atoms with Gasteiger partial charge in [-0.3, -0.25) is 4.79 Å². The van der Waals surface area contributed by atoms with Gasteiger partial charge >= 0.3 is 11.0 Å². The van der Waals surface area contributed by atoms with E-state index >= 15 is 0 Å². The molecule has 1 aromatic heterocycles. The molecule has 0 fully saturated rings. The maximum atomic E-state index is 12.7. The van der Waals surface area contributed by atoms with Crippen molar-refractivity contribution in [2.24, 2.45) is 0 Å². The van der Waals surface area contributed by atoms with Crippen molar-refractivity contribution >= 4 is 32.9 Å². The zero-order chi connectivity index (χ0) is 15.0. The fourth-order valence-electron chi connectivity index (χ4n) is 1.96. The van der Waals surface area contributed by atoms with Gasteiger partial charge in [-0.25, -0.2) is 0 Å². The Kier molecular flexibility index (Phi) is 3.21. The van der Waals surface area contributed by atoms with Crippen LogP contribution < -0.4 is 10.2 Å². The van der Waals surface area contributed by atoms with E-state index in [1.54, 1.807) is 24.3 Å². The van der Waals surface area contributed by atoms with Crippen LogP contribution in [0.15, 0.2) is 47.3 Å². The molecule has 0 amide bonds. The Labute approximate surface area is 121 Å². The van der Waals surface area contributed by atoms with E-state index in [0.29, 0.717) is 16.9 Å². The molecule has 0 aliphatic rings. The highest BCUT2D eigenvalue weighted by Gasteiger charge is 2.30. The molecule has 0 atom stereocenters. The first kappa shape index (κ1) is 13.7. The van der Waals surface area contributed by atoms with E-state index < -0.39 is 11.7 Å². The topological polar surface area (TPSA) is 44.9 Å². The second kappa shape index (κ2) is 4.92. The van der Waals surface area contributed by atoms with Gasteiger partial charge in [0, 0.05) is 11.4 Å². The number of fused-ring (bicyclic) bond motifs is 1. The molecule has 3 rings (SSSR count). The quantitative estimate of drug-likeness (QED) is 0.739.